The van der Waals surface area contributed by atoms with E-state index in [9.17, 15) is 14.4 Å². The van der Waals surface area contributed by atoms with Crippen LogP contribution in [0.15, 0.2) is 30.3 Å². The quantitative estimate of drug-likeness (QED) is 0.592. The van der Waals surface area contributed by atoms with Crippen LogP contribution in [0.5, 0.6) is 0 Å². The molecule has 0 spiro atoms. The summed E-state index contributed by atoms with van der Waals surface area (Å²) in [4.78, 5) is 37.3. The maximum Gasteiger partial charge on any atom is 0.417 e. The number of esters is 1. The Balaban J connectivity index is 3.14. The lowest BCUT2D eigenvalue weighted by atomic mass is 10.1. The predicted molar refractivity (Wildman–Crippen MR) is 80.8 cm³/mol. The van der Waals surface area contributed by atoms with Crippen LogP contribution < -0.4 is 0 Å². The van der Waals surface area contributed by atoms with Crippen molar-refractivity contribution in [3.8, 4) is 0 Å². The fourth-order valence-electron chi connectivity index (χ4n) is 1.74. The van der Waals surface area contributed by atoms with Crippen LogP contribution in [0, 0.1) is 0 Å². The van der Waals surface area contributed by atoms with Gasteiger partial charge in [0, 0.05) is 5.56 Å². The smallest absolute Gasteiger partial charge is 0.417 e. The molecule has 22 heavy (non-hydrogen) atoms. The molecule has 6 nitrogen and oxygen atoms in total. The molecule has 0 saturated heterocycles. The normalized spacial score (nSPS) is 11.4. The molecule has 0 radical (unpaired) electrons. The molecule has 0 saturated carbocycles. The monoisotopic (exact) mass is 327 g/mol. The average molecular weight is 328 g/mol. The summed E-state index contributed by atoms with van der Waals surface area (Å²) in [6.45, 7) is 3.40. The zero-order valence-electron chi connectivity index (χ0n) is 12.5. The van der Waals surface area contributed by atoms with E-state index in [1.54, 1.807) is 32.0 Å². The molecule has 0 aromatic heterocycles. The molecule has 2 amide bonds. The molecule has 1 aromatic rings. The molecule has 0 bridgehead atoms. The Morgan fingerprint density at radius 2 is 1.68 bits per heavy atom. The third-order valence-corrected chi connectivity index (χ3v) is 3.01. The van der Waals surface area contributed by atoms with Crippen molar-refractivity contribution < 1.29 is 23.9 Å². The number of imide groups is 1. The molecule has 1 atom stereocenters. The van der Waals surface area contributed by atoms with Gasteiger partial charge in [0.1, 0.15) is 0 Å². The second kappa shape index (κ2) is 9.04. The molecule has 120 valence electrons. The van der Waals surface area contributed by atoms with Crippen molar-refractivity contribution >= 4 is 29.6 Å². The van der Waals surface area contributed by atoms with Gasteiger partial charge < -0.3 is 9.47 Å². The van der Waals surface area contributed by atoms with Gasteiger partial charge in [0.15, 0.2) is 6.04 Å². The van der Waals surface area contributed by atoms with Gasteiger partial charge in [0.25, 0.3) is 5.91 Å². The molecule has 0 fully saturated rings. The third kappa shape index (κ3) is 4.46. The number of hydrogen-bond acceptors (Lipinski definition) is 5. The molecule has 0 aliphatic heterocycles. The zero-order valence-corrected chi connectivity index (χ0v) is 13.2. The number of benzene rings is 1. The molecule has 0 aliphatic rings. The zero-order chi connectivity index (χ0) is 16.5. The first kappa shape index (κ1) is 18.0. The number of ether oxygens (including phenoxy) is 2. The minimum Gasteiger partial charge on any atom is -0.464 e. The maximum absolute atomic E-state index is 12.5. The topological polar surface area (TPSA) is 72.9 Å². The summed E-state index contributed by atoms with van der Waals surface area (Å²) >= 11 is 5.77. The summed E-state index contributed by atoms with van der Waals surface area (Å²) in [7, 11) is 0. The summed E-state index contributed by atoms with van der Waals surface area (Å²) in [5, 5.41) is 0. The SMILES string of the molecule is CCOC(=O)[C@@H](CCl)N(C(=O)OCC)C(=O)c1ccccc1. The maximum atomic E-state index is 12.5. The van der Waals surface area contributed by atoms with Crippen LogP contribution >= 0.6 is 11.6 Å². The highest BCUT2D eigenvalue weighted by Crippen LogP contribution is 2.13. The molecule has 7 heteroatoms. The van der Waals surface area contributed by atoms with E-state index in [1.807, 2.05) is 0 Å². The van der Waals surface area contributed by atoms with Crippen LogP contribution in [0.4, 0.5) is 4.79 Å². The van der Waals surface area contributed by atoms with Crippen molar-refractivity contribution in [3.63, 3.8) is 0 Å². The van der Waals surface area contributed by atoms with E-state index < -0.39 is 24.0 Å². The molecule has 1 aromatic carbocycles. The highest BCUT2D eigenvalue weighted by molar-refractivity contribution is 6.20. The standard InChI is InChI=1S/C15H18ClNO5/c1-3-21-14(19)12(10-16)17(15(20)22-4-2)13(18)11-8-6-5-7-9-11/h5-9,12H,3-4,10H2,1-2H3/t12-/m1/s1. The van der Waals surface area contributed by atoms with Crippen molar-refractivity contribution in [2.24, 2.45) is 0 Å². The van der Waals surface area contributed by atoms with Crippen LogP contribution in [-0.4, -0.2) is 48.0 Å². The summed E-state index contributed by atoms with van der Waals surface area (Å²) in [6.07, 6.45) is -0.935. The molecule has 0 N–H and O–H groups in total. The Morgan fingerprint density at radius 1 is 1.09 bits per heavy atom. The molecule has 0 aliphatic carbocycles. The van der Waals surface area contributed by atoms with E-state index in [1.165, 1.54) is 12.1 Å². The van der Waals surface area contributed by atoms with Crippen LogP contribution in [0.3, 0.4) is 0 Å². The highest BCUT2D eigenvalue weighted by Gasteiger charge is 2.36. The molecular formula is C15H18ClNO5. The minimum absolute atomic E-state index is 0.0647. The van der Waals surface area contributed by atoms with Gasteiger partial charge in [-0.3, -0.25) is 4.79 Å². The number of rotatable bonds is 6. The minimum atomic E-state index is -1.24. The van der Waals surface area contributed by atoms with Crippen LogP contribution in [-0.2, 0) is 14.3 Å². The first-order chi connectivity index (χ1) is 10.6. The molecule has 1 rings (SSSR count). The van der Waals surface area contributed by atoms with Gasteiger partial charge >= 0.3 is 12.1 Å². The number of hydrogen-bond donors (Lipinski definition) is 0. The van der Waals surface area contributed by atoms with Gasteiger partial charge in [0.2, 0.25) is 0 Å². The summed E-state index contributed by atoms with van der Waals surface area (Å²) in [5.41, 5.74) is 0.245. The van der Waals surface area contributed by atoms with Gasteiger partial charge in [-0.15, -0.1) is 11.6 Å². The largest absolute Gasteiger partial charge is 0.464 e. The van der Waals surface area contributed by atoms with Crippen LogP contribution in [0.2, 0.25) is 0 Å². The van der Waals surface area contributed by atoms with E-state index in [2.05, 4.69) is 0 Å². The van der Waals surface area contributed by atoms with E-state index >= 15 is 0 Å². The number of carbonyl (C=O) groups is 3. The van der Waals surface area contributed by atoms with Crippen molar-refractivity contribution in [1.29, 1.82) is 0 Å². The highest BCUT2D eigenvalue weighted by atomic mass is 35.5. The van der Waals surface area contributed by atoms with E-state index in [4.69, 9.17) is 21.1 Å². The van der Waals surface area contributed by atoms with Crippen molar-refractivity contribution in [2.75, 3.05) is 19.1 Å². The Bertz CT molecular complexity index is 520. The Hall–Kier alpha value is -2.08. The van der Waals surface area contributed by atoms with Crippen molar-refractivity contribution in [1.82, 2.24) is 4.90 Å². The molecule has 0 heterocycles. The average Bonchev–Trinajstić information content (AvgIpc) is 2.53. The Labute approximate surface area is 133 Å². The first-order valence-electron chi connectivity index (χ1n) is 6.84. The number of halogens is 1. The lowest BCUT2D eigenvalue weighted by molar-refractivity contribution is -0.147. The number of amides is 2. The molecular weight excluding hydrogens is 310 g/mol. The number of carbonyl (C=O) groups excluding carboxylic acids is 3. The second-order valence-corrected chi connectivity index (χ2v) is 4.47. The van der Waals surface area contributed by atoms with Crippen molar-refractivity contribution in [2.45, 2.75) is 19.9 Å². The van der Waals surface area contributed by atoms with Gasteiger partial charge in [-0.1, -0.05) is 18.2 Å². The predicted octanol–water partition coefficient (Wildman–Crippen LogP) is 2.46. The second-order valence-electron chi connectivity index (χ2n) is 4.16. The van der Waals surface area contributed by atoms with E-state index in [0.29, 0.717) is 4.90 Å². The Morgan fingerprint density at radius 3 is 2.18 bits per heavy atom. The lowest BCUT2D eigenvalue weighted by Crippen LogP contribution is -2.50. The fraction of sp³-hybridized carbons (Fsp3) is 0.400. The lowest BCUT2D eigenvalue weighted by Gasteiger charge is -2.26. The van der Waals surface area contributed by atoms with Gasteiger partial charge in [-0.25, -0.2) is 14.5 Å². The Kier molecular flexibility index (Phi) is 7.39. The van der Waals surface area contributed by atoms with E-state index in [-0.39, 0.29) is 24.7 Å². The third-order valence-electron chi connectivity index (χ3n) is 2.72. The molecule has 0 unspecified atom stereocenters. The van der Waals surface area contributed by atoms with Gasteiger partial charge in [0.05, 0.1) is 19.1 Å². The summed E-state index contributed by atoms with van der Waals surface area (Å²) < 4.78 is 9.72. The van der Waals surface area contributed by atoms with E-state index in [0.717, 1.165) is 0 Å². The van der Waals surface area contributed by atoms with Gasteiger partial charge in [-0.2, -0.15) is 0 Å². The number of alkyl halides is 1. The van der Waals surface area contributed by atoms with Crippen LogP contribution in [0.1, 0.15) is 24.2 Å². The summed E-state index contributed by atoms with van der Waals surface area (Å²) in [5.74, 6) is -1.71. The summed E-state index contributed by atoms with van der Waals surface area (Å²) in [6, 6.07) is 6.85. The fourth-order valence-corrected chi connectivity index (χ4v) is 2.00. The van der Waals surface area contributed by atoms with Gasteiger partial charge in [-0.05, 0) is 26.0 Å². The van der Waals surface area contributed by atoms with Crippen molar-refractivity contribution in [3.05, 3.63) is 35.9 Å². The van der Waals surface area contributed by atoms with Crippen LogP contribution in [0.25, 0.3) is 0 Å². The first-order valence-corrected chi connectivity index (χ1v) is 7.38. The number of nitrogens with zero attached hydrogens (tertiary/aromatic N) is 1.